The van der Waals surface area contributed by atoms with Crippen molar-refractivity contribution >= 4 is 18.5 Å². The molecule has 3 nitrogen and oxygen atoms in total. The van der Waals surface area contributed by atoms with Crippen molar-refractivity contribution in [3.8, 4) is 0 Å². The minimum Gasteiger partial charge on any atom is -0.379 e. The molecule has 0 aromatic heterocycles. The second-order valence-electron chi connectivity index (χ2n) is 4.10. The smallest absolute Gasteiger partial charge is 0.256 e. The summed E-state index contributed by atoms with van der Waals surface area (Å²) in [4.78, 5) is 14.2. The summed E-state index contributed by atoms with van der Waals surface area (Å²) in [5, 5.41) is 0. The molecule has 0 saturated carbocycles. The number of likely N-dealkylation sites (N-methyl/N-ethyl adjacent to an activating group) is 1. The van der Waals surface area contributed by atoms with E-state index in [2.05, 4.69) is 12.6 Å². The van der Waals surface area contributed by atoms with Gasteiger partial charge in [-0.15, -0.1) is 12.6 Å². The summed E-state index contributed by atoms with van der Waals surface area (Å²) in [6.07, 6.45) is 0.796. The van der Waals surface area contributed by atoms with Crippen molar-refractivity contribution < 1.29 is 13.9 Å². The number of carbonyl (C=O) groups excluding carboxylic acids is 1. The van der Waals surface area contributed by atoms with E-state index >= 15 is 0 Å². The first-order chi connectivity index (χ1) is 8.09. The Labute approximate surface area is 105 Å². The van der Waals surface area contributed by atoms with E-state index < -0.39 is 5.82 Å². The number of carbonyl (C=O) groups is 1. The lowest BCUT2D eigenvalue weighted by Crippen LogP contribution is -2.37. The molecule has 1 unspecified atom stereocenters. The van der Waals surface area contributed by atoms with Gasteiger partial charge in [0.2, 0.25) is 0 Å². The Morgan fingerprint density at radius 3 is 3.00 bits per heavy atom. The molecule has 1 aromatic carbocycles. The van der Waals surface area contributed by atoms with Crippen molar-refractivity contribution in [2.75, 3.05) is 20.3 Å². The van der Waals surface area contributed by atoms with Crippen LogP contribution in [0.15, 0.2) is 23.1 Å². The van der Waals surface area contributed by atoms with Crippen molar-refractivity contribution in [2.45, 2.75) is 17.4 Å². The Kier molecular flexibility index (Phi) is 3.69. The van der Waals surface area contributed by atoms with Crippen LogP contribution in [0.25, 0.3) is 0 Å². The minimum absolute atomic E-state index is 0.0328. The second kappa shape index (κ2) is 5.06. The molecular formula is C12H14FNO2S. The summed E-state index contributed by atoms with van der Waals surface area (Å²) in [7, 11) is 1.67. The topological polar surface area (TPSA) is 29.5 Å². The monoisotopic (exact) mass is 255 g/mol. The molecule has 0 spiro atoms. The van der Waals surface area contributed by atoms with Gasteiger partial charge in [-0.05, 0) is 24.6 Å². The number of hydrogen-bond donors (Lipinski definition) is 1. The summed E-state index contributed by atoms with van der Waals surface area (Å²) < 4.78 is 18.8. The van der Waals surface area contributed by atoms with Crippen molar-refractivity contribution in [1.29, 1.82) is 0 Å². The lowest BCUT2D eigenvalue weighted by molar-refractivity contribution is 0.0706. The fourth-order valence-electron chi connectivity index (χ4n) is 1.86. The van der Waals surface area contributed by atoms with Gasteiger partial charge in [-0.2, -0.15) is 0 Å². The van der Waals surface area contributed by atoms with E-state index in [1.807, 2.05) is 0 Å². The molecule has 1 aromatic rings. The molecule has 0 bridgehead atoms. The SMILES string of the molecule is CN(C(=O)c1cc(S)ccc1F)C1CCOC1. The van der Waals surface area contributed by atoms with E-state index in [-0.39, 0.29) is 17.5 Å². The molecule has 1 saturated heterocycles. The molecule has 1 amide bonds. The standard InChI is InChI=1S/C12H14FNO2S/c1-14(8-4-5-16-7-8)12(15)10-6-9(17)2-3-11(10)13/h2-3,6,8,17H,4-5,7H2,1H3. The Bertz CT molecular complexity index is 433. The first kappa shape index (κ1) is 12.4. The number of rotatable bonds is 2. The van der Waals surface area contributed by atoms with Crippen LogP contribution >= 0.6 is 12.6 Å². The number of nitrogens with zero attached hydrogens (tertiary/aromatic N) is 1. The molecular weight excluding hydrogens is 241 g/mol. The number of amides is 1. The van der Waals surface area contributed by atoms with Crippen molar-refractivity contribution in [1.82, 2.24) is 4.90 Å². The van der Waals surface area contributed by atoms with Crippen LogP contribution in [0.4, 0.5) is 4.39 Å². The summed E-state index contributed by atoms with van der Waals surface area (Å²) in [5.41, 5.74) is 0.0619. The van der Waals surface area contributed by atoms with E-state index in [0.29, 0.717) is 18.1 Å². The van der Waals surface area contributed by atoms with Crippen LogP contribution in [0.2, 0.25) is 0 Å². The third-order valence-corrected chi connectivity index (χ3v) is 3.23. The van der Waals surface area contributed by atoms with Gasteiger partial charge in [-0.1, -0.05) is 0 Å². The summed E-state index contributed by atoms with van der Waals surface area (Å²) in [6, 6.07) is 4.26. The van der Waals surface area contributed by atoms with Gasteiger partial charge in [0.15, 0.2) is 0 Å². The molecule has 17 heavy (non-hydrogen) atoms. The molecule has 1 aliphatic heterocycles. The fourth-order valence-corrected chi connectivity index (χ4v) is 2.06. The van der Waals surface area contributed by atoms with Gasteiger partial charge >= 0.3 is 0 Å². The molecule has 1 aliphatic rings. The second-order valence-corrected chi connectivity index (χ2v) is 4.61. The third kappa shape index (κ3) is 2.61. The fraction of sp³-hybridized carbons (Fsp3) is 0.417. The molecule has 0 N–H and O–H groups in total. The zero-order valence-corrected chi connectivity index (χ0v) is 10.4. The normalized spacial score (nSPS) is 19.4. The maximum atomic E-state index is 13.6. The maximum Gasteiger partial charge on any atom is 0.256 e. The van der Waals surface area contributed by atoms with E-state index in [1.54, 1.807) is 11.9 Å². The van der Waals surface area contributed by atoms with Crippen molar-refractivity contribution in [3.05, 3.63) is 29.6 Å². The Hall–Kier alpha value is -1.07. The van der Waals surface area contributed by atoms with Gasteiger partial charge in [0, 0.05) is 18.6 Å². The zero-order valence-electron chi connectivity index (χ0n) is 9.52. The lowest BCUT2D eigenvalue weighted by atomic mass is 10.1. The van der Waals surface area contributed by atoms with Gasteiger partial charge in [-0.3, -0.25) is 4.79 Å². The average Bonchev–Trinajstić information content (AvgIpc) is 2.84. The molecule has 92 valence electrons. The molecule has 1 fully saturated rings. The Morgan fingerprint density at radius 2 is 2.35 bits per heavy atom. The third-order valence-electron chi connectivity index (χ3n) is 2.95. The molecule has 5 heteroatoms. The summed E-state index contributed by atoms with van der Waals surface area (Å²) in [5.74, 6) is -0.840. The van der Waals surface area contributed by atoms with Crippen LogP contribution in [0, 0.1) is 5.82 Å². The Balaban J connectivity index is 2.20. The molecule has 2 rings (SSSR count). The highest BCUT2D eigenvalue weighted by Crippen LogP contribution is 2.18. The van der Waals surface area contributed by atoms with Crippen LogP contribution < -0.4 is 0 Å². The zero-order chi connectivity index (χ0) is 12.4. The molecule has 0 aliphatic carbocycles. The number of hydrogen-bond acceptors (Lipinski definition) is 3. The van der Waals surface area contributed by atoms with E-state index in [9.17, 15) is 9.18 Å². The van der Waals surface area contributed by atoms with Crippen LogP contribution in [-0.4, -0.2) is 37.1 Å². The van der Waals surface area contributed by atoms with E-state index in [1.165, 1.54) is 18.2 Å². The quantitative estimate of drug-likeness (QED) is 0.819. The van der Waals surface area contributed by atoms with E-state index in [0.717, 1.165) is 6.42 Å². The van der Waals surface area contributed by atoms with Gasteiger partial charge in [-0.25, -0.2) is 4.39 Å². The van der Waals surface area contributed by atoms with E-state index in [4.69, 9.17) is 4.74 Å². The predicted molar refractivity (Wildman–Crippen MR) is 65.0 cm³/mol. The van der Waals surface area contributed by atoms with Gasteiger partial charge in [0.05, 0.1) is 18.2 Å². The molecule has 0 radical (unpaired) electrons. The van der Waals surface area contributed by atoms with Crippen LogP contribution in [-0.2, 0) is 4.74 Å². The molecule has 1 heterocycles. The number of ether oxygens (including phenoxy) is 1. The number of halogens is 1. The highest BCUT2D eigenvalue weighted by molar-refractivity contribution is 7.80. The largest absolute Gasteiger partial charge is 0.379 e. The maximum absolute atomic E-state index is 13.6. The summed E-state index contributed by atoms with van der Waals surface area (Å²) >= 11 is 4.11. The van der Waals surface area contributed by atoms with Crippen molar-refractivity contribution in [3.63, 3.8) is 0 Å². The number of thiol groups is 1. The summed E-state index contributed by atoms with van der Waals surface area (Å²) in [6.45, 7) is 1.17. The molecule has 1 atom stereocenters. The van der Waals surface area contributed by atoms with Gasteiger partial charge in [0.25, 0.3) is 5.91 Å². The van der Waals surface area contributed by atoms with Crippen molar-refractivity contribution in [2.24, 2.45) is 0 Å². The van der Waals surface area contributed by atoms with Crippen LogP contribution in [0.5, 0.6) is 0 Å². The first-order valence-electron chi connectivity index (χ1n) is 5.43. The van der Waals surface area contributed by atoms with Crippen LogP contribution in [0.1, 0.15) is 16.8 Å². The average molecular weight is 255 g/mol. The number of benzene rings is 1. The lowest BCUT2D eigenvalue weighted by Gasteiger charge is -2.23. The highest BCUT2D eigenvalue weighted by atomic mass is 32.1. The minimum atomic E-state index is -0.515. The Morgan fingerprint density at radius 1 is 1.59 bits per heavy atom. The van der Waals surface area contributed by atoms with Crippen LogP contribution in [0.3, 0.4) is 0 Å². The van der Waals surface area contributed by atoms with Gasteiger partial charge < -0.3 is 9.64 Å². The highest BCUT2D eigenvalue weighted by Gasteiger charge is 2.26. The van der Waals surface area contributed by atoms with Gasteiger partial charge in [0.1, 0.15) is 5.82 Å². The first-order valence-corrected chi connectivity index (χ1v) is 5.87. The predicted octanol–water partition coefficient (Wildman–Crippen LogP) is 1.98.